The van der Waals surface area contributed by atoms with Gasteiger partial charge in [0.2, 0.25) is 10.0 Å². The van der Waals surface area contributed by atoms with E-state index in [1.807, 2.05) is 6.07 Å². The van der Waals surface area contributed by atoms with E-state index in [-0.39, 0.29) is 30.9 Å². The topological polar surface area (TPSA) is 140 Å². The molecule has 0 bridgehead atoms. The molecular weight excluding hydrogens is 410 g/mol. The predicted octanol–water partition coefficient (Wildman–Crippen LogP) is 1.16. The number of nitriles is 1. The van der Waals surface area contributed by atoms with Crippen LogP contribution in [0.1, 0.15) is 24.0 Å². The number of carbonyl (C=O) groups is 1. The minimum atomic E-state index is -4.08. The van der Waals surface area contributed by atoms with Gasteiger partial charge in [0.15, 0.2) is 0 Å². The maximum atomic E-state index is 13.0. The van der Waals surface area contributed by atoms with Crippen molar-refractivity contribution in [3.05, 3.63) is 59.7 Å². The van der Waals surface area contributed by atoms with Crippen LogP contribution in [0.25, 0.3) is 0 Å². The predicted molar refractivity (Wildman–Crippen MR) is 105 cm³/mol. The zero-order chi connectivity index (χ0) is 21.7. The van der Waals surface area contributed by atoms with Gasteiger partial charge in [0.25, 0.3) is 5.91 Å². The van der Waals surface area contributed by atoms with E-state index in [9.17, 15) is 18.3 Å². The Kier molecular flexibility index (Phi) is 6.69. The standard InChI is InChI=1S/C20H21N3O6S/c21-11-14-2-1-3-15(10-14)13-29-17-5-7-18(8-6-17)30(27,28)23-12-16(24)4-9-19(23)20(25)22-26/h1-3,5-8,10,16,19,24,26H,4,9,12-13H2,(H,22,25)/t16-,19-/m1/s1. The summed E-state index contributed by atoms with van der Waals surface area (Å²) in [5.41, 5.74) is 2.80. The number of sulfonamides is 1. The molecule has 1 heterocycles. The number of nitrogens with zero attached hydrogens (tertiary/aromatic N) is 2. The summed E-state index contributed by atoms with van der Waals surface area (Å²) in [4.78, 5) is 11.8. The summed E-state index contributed by atoms with van der Waals surface area (Å²) >= 11 is 0. The molecule has 2 aromatic carbocycles. The van der Waals surface area contributed by atoms with Crippen LogP contribution < -0.4 is 10.2 Å². The van der Waals surface area contributed by atoms with Crippen molar-refractivity contribution < 1.29 is 28.3 Å². The Morgan fingerprint density at radius 1 is 1.23 bits per heavy atom. The number of carbonyl (C=O) groups excluding carboxylic acids is 1. The van der Waals surface area contributed by atoms with Crippen molar-refractivity contribution in [2.45, 2.75) is 36.5 Å². The molecule has 0 aliphatic carbocycles. The summed E-state index contributed by atoms with van der Waals surface area (Å²) in [6, 6.07) is 13.6. The third-order valence-electron chi connectivity index (χ3n) is 4.82. The second-order valence-corrected chi connectivity index (χ2v) is 8.76. The molecule has 0 radical (unpaired) electrons. The SMILES string of the molecule is N#Cc1cccc(COc2ccc(S(=O)(=O)N3C[C@H](O)CC[C@@H]3C(=O)NO)cc2)c1. The van der Waals surface area contributed by atoms with Crippen LogP contribution in [0.5, 0.6) is 5.75 Å². The van der Waals surface area contributed by atoms with Crippen molar-refractivity contribution in [2.24, 2.45) is 0 Å². The van der Waals surface area contributed by atoms with Gasteiger partial charge in [0.1, 0.15) is 18.4 Å². The van der Waals surface area contributed by atoms with Gasteiger partial charge in [-0.25, -0.2) is 13.9 Å². The molecule has 10 heteroatoms. The Bertz CT molecular complexity index is 1050. The first-order chi connectivity index (χ1) is 14.3. The van der Waals surface area contributed by atoms with E-state index in [0.717, 1.165) is 9.87 Å². The number of amides is 1. The molecule has 1 amide bonds. The highest BCUT2D eigenvalue weighted by atomic mass is 32.2. The number of nitrogens with one attached hydrogen (secondary N) is 1. The van der Waals surface area contributed by atoms with Crippen LogP contribution >= 0.6 is 0 Å². The molecule has 158 valence electrons. The lowest BCUT2D eigenvalue weighted by Gasteiger charge is -2.35. The summed E-state index contributed by atoms with van der Waals surface area (Å²) in [6.07, 6.45) is -0.547. The van der Waals surface area contributed by atoms with E-state index >= 15 is 0 Å². The van der Waals surface area contributed by atoms with Crippen LogP contribution in [0.4, 0.5) is 0 Å². The van der Waals surface area contributed by atoms with E-state index in [4.69, 9.17) is 15.2 Å². The second-order valence-electron chi connectivity index (χ2n) is 6.87. The van der Waals surface area contributed by atoms with Crippen LogP contribution in [0.2, 0.25) is 0 Å². The monoisotopic (exact) mass is 431 g/mol. The van der Waals surface area contributed by atoms with Crippen LogP contribution in [0.15, 0.2) is 53.4 Å². The van der Waals surface area contributed by atoms with Crippen molar-refractivity contribution in [3.8, 4) is 11.8 Å². The Hall–Kier alpha value is -2.97. The smallest absolute Gasteiger partial charge is 0.261 e. The maximum Gasteiger partial charge on any atom is 0.261 e. The molecule has 0 aromatic heterocycles. The van der Waals surface area contributed by atoms with Crippen LogP contribution in [-0.2, 0) is 21.4 Å². The quantitative estimate of drug-likeness (QED) is 0.460. The first kappa shape index (κ1) is 21.7. The highest BCUT2D eigenvalue weighted by Crippen LogP contribution is 2.27. The molecule has 0 saturated carbocycles. The Labute approximate surface area is 174 Å². The van der Waals surface area contributed by atoms with Crippen molar-refractivity contribution in [3.63, 3.8) is 0 Å². The summed E-state index contributed by atoms with van der Waals surface area (Å²) in [7, 11) is -4.08. The number of piperidine rings is 1. The van der Waals surface area contributed by atoms with Gasteiger partial charge >= 0.3 is 0 Å². The normalized spacial score (nSPS) is 19.6. The number of ether oxygens (including phenoxy) is 1. The third-order valence-corrected chi connectivity index (χ3v) is 6.71. The average molecular weight is 431 g/mol. The van der Waals surface area contributed by atoms with Gasteiger partial charge < -0.3 is 9.84 Å². The zero-order valence-electron chi connectivity index (χ0n) is 15.9. The van der Waals surface area contributed by atoms with E-state index in [1.165, 1.54) is 29.7 Å². The number of hydrogen-bond donors (Lipinski definition) is 3. The van der Waals surface area contributed by atoms with Crippen molar-refractivity contribution in [1.29, 1.82) is 5.26 Å². The summed E-state index contributed by atoms with van der Waals surface area (Å²) in [5.74, 6) is -0.412. The summed E-state index contributed by atoms with van der Waals surface area (Å²) in [6.45, 7) is -0.0351. The van der Waals surface area contributed by atoms with Crippen LogP contribution in [-0.4, -0.2) is 47.6 Å². The van der Waals surface area contributed by atoms with E-state index < -0.39 is 28.1 Å². The summed E-state index contributed by atoms with van der Waals surface area (Å²) < 4.78 is 32.6. The van der Waals surface area contributed by atoms with Gasteiger partial charge in [-0.05, 0) is 54.8 Å². The number of rotatable bonds is 6. The average Bonchev–Trinajstić information content (AvgIpc) is 2.77. The fraction of sp³-hybridized carbons (Fsp3) is 0.300. The Balaban J connectivity index is 1.75. The van der Waals surface area contributed by atoms with Crippen molar-refractivity contribution in [2.75, 3.05) is 6.54 Å². The molecule has 0 unspecified atom stereocenters. The molecule has 9 nitrogen and oxygen atoms in total. The highest BCUT2D eigenvalue weighted by Gasteiger charge is 2.40. The lowest BCUT2D eigenvalue weighted by Crippen LogP contribution is -2.54. The fourth-order valence-corrected chi connectivity index (χ4v) is 4.92. The van der Waals surface area contributed by atoms with Gasteiger partial charge in [-0.3, -0.25) is 10.0 Å². The molecule has 1 fully saturated rings. The summed E-state index contributed by atoms with van der Waals surface area (Å²) in [5, 5.41) is 27.7. The molecule has 1 saturated heterocycles. The van der Waals surface area contributed by atoms with E-state index in [2.05, 4.69) is 6.07 Å². The van der Waals surface area contributed by atoms with E-state index in [0.29, 0.717) is 11.3 Å². The number of hydrogen-bond acceptors (Lipinski definition) is 7. The molecule has 1 aliphatic rings. The second kappa shape index (κ2) is 9.23. The van der Waals surface area contributed by atoms with Crippen molar-refractivity contribution in [1.82, 2.24) is 9.79 Å². The molecule has 3 N–H and O–H groups in total. The molecule has 1 aliphatic heterocycles. The van der Waals surface area contributed by atoms with Gasteiger partial charge in [0.05, 0.1) is 22.6 Å². The largest absolute Gasteiger partial charge is 0.489 e. The molecule has 2 aromatic rings. The number of hydroxylamine groups is 1. The van der Waals surface area contributed by atoms with Gasteiger partial charge in [-0.1, -0.05) is 12.1 Å². The maximum absolute atomic E-state index is 13.0. The molecule has 0 spiro atoms. The van der Waals surface area contributed by atoms with Crippen molar-refractivity contribution >= 4 is 15.9 Å². The van der Waals surface area contributed by atoms with Gasteiger partial charge in [-0.2, -0.15) is 9.57 Å². The van der Waals surface area contributed by atoms with E-state index in [1.54, 1.807) is 18.2 Å². The van der Waals surface area contributed by atoms with Crippen LogP contribution in [0.3, 0.4) is 0 Å². The lowest BCUT2D eigenvalue weighted by atomic mass is 10.0. The third kappa shape index (κ3) is 4.77. The first-order valence-corrected chi connectivity index (χ1v) is 10.6. The first-order valence-electron chi connectivity index (χ1n) is 9.21. The number of aliphatic hydroxyl groups is 1. The molecule has 3 rings (SSSR count). The lowest BCUT2D eigenvalue weighted by molar-refractivity contribution is -0.135. The minimum absolute atomic E-state index is 0.0637. The molecule has 2 atom stereocenters. The van der Waals surface area contributed by atoms with Crippen LogP contribution in [0, 0.1) is 11.3 Å². The molecular formula is C20H21N3O6S. The highest BCUT2D eigenvalue weighted by molar-refractivity contribution is 7.89. The minimum Gasteiger partial charge on any atom is -0.489 e. The van der Waals surface area contributed by atoms with Gasteiger partial charge in [0, 0.05) is 6.54 Å². The number of aliphatic hydroxyl groups excluding tert-OH is 1. The molecule has 30 heavy (non-hydrogen) atoms. The zero-order valence-corrected chi connectivity index (χ0v) is 16.7. The number of benzene rings is 2. The Morgan fingerprint density at radius 2 is 1.97 bits per heavy atom. The van der Waals surface area contributed by atoms with Gasteiger partial charge in [-0.15, -0.1) is 0 Å². The Morgan fingerprint density at radius 3 is 2.63 bits per heavy atom. The number of β-amino-alcohol motifs (C(OH)–C–C–N with tert-alkyl or cyclic N) is 1. The fourth-order valence-electron chi connectivity index (χ4n) is 3.26.